The smallest absolute Gasteiger partial charge is 0.255 e. The predicted octanol–water partition coefficient (Wildman–Crippen LogP) is 6.32. The van der Waals surface area contributed by atoms with Crippen molar-refractivity contribution in [1.82, 2.24) is 0 Å². The minimum absolute atomic E-state index is 0.0685. The molecule has 1 amide bonds. The molecule has 0 heterocycles. The Labute approximate surface area is 159 Å². The van der Waals surface area contributed by atoms with Crippen molar-refractivity contribution in [1.29, 1.82) is 0 Å². The van der Waals surface area contributed by atoms with E-state index in [0.717, 1.165) is 27.3 Å². The molecule has 0 aliphatic carbocycles. The van der Waals surface area contributed by atoms with Crippen LogP contribution in [0.5, 0.6) is 0 Å². The molecule has 0 atom stereocenters. The first-order chi connectivity index (χ1) is 12.4. The summed E-state index contributed by atoms with van der Waals surface area (Å²) in [5.41, 5.74) is 6.23. The van der Waals surface area contributed by atoms with Gasteiger partial charge in [-0.25, -0.2) is 0 Å². The van der Waals surface area contributed by atoms with Gasteiger partial charge in [0.1, 0.15) is 0 Å². The Morgan fingerprint density at radius 2 is 1.58 bits per heavy atom. The molecule has 0 aromatic heterocycles. The zero-order valence-electron chi connectivity index (χ0n) is 15.6. The lowest BCUT2D eigenvalue weighted by Gasteiger charge is -2.10. The van der Waals surface area contributed by atoms with Gasteiger partial charge in [-0.3, -0.25) is 4.79 Å². The van der Waals surface area contributed by atoms with Gasteiger partial charge in [0.15, 0.2) is 0 Å². The first-order valence-corrected chi connectivity index (χ1v) is 9.48. The van der Waals surface area contributed by atoms with E-state index in [2.05, 4.69) is 37.4 Å². The number of hydrogen-bond acceptors (Lipinski definition) is 2. The molecule has 0 bridgehead atoms. The normalized spacial score (nSPS) is 10.6. The Morgan fingerprint density at radius 1 is 0.846 bits per heavy atom. The highest BCUT2D eigenvalue weighted by Gasteiger charge is 2.10. The van der Waals surface area contributed by atoms with Gasteiger partial charge >= 0.3 is 0 Å². The van der Waals surface area contributed by atoms with E-state index in [1.165, 1.54) is 16.0 Å². The Bertz CT molecular complexity index is 945. The van der Waals surface area contributed by atoms with Gasteiger partial charge in [0.05, 0.1) is 0 Å². The van der Waals surface area contributed by atoms with Crippen LogP contribution < -0.4 is 5.32 Å². The second-order valence-corrected chi connectivity index (χ2v) is 7.71. The zero-order valence-corrected chi connectivity index (χ0v) is 16.4. The average Bonchev–Trinajstić information content (AvgIpc) is 2.61. The molecule has 2 nitrogen and oxygen atoms in total. The Morgan fingerprint density at radius 3 is 2.27 bits per heavy atom. The third-order valence-electron chi connectivity index (χ3n) is 4.52. The van der Waals surface area contributed by atoms with Gasteiger partial charge in [0.2, 0.25) is 0 Å². The molecule has 0 fully saturated rings. The molecule has 0 saturated heterocycles. The second kappa shape index (κ2) is 7.79. The number of hydrogen-bond donors (Lipinski definition) is 1. The van der Waals surface area contributed by atoms with E-state index < -0.39 is 0 Å². The summed E-state index contributed by atoms with van der Waals surface area (Å²) < 4.78 is 0. The fraction of sp³-hybridized carbons (Fsp3) is 0.174. The lowest BCUT2D eigenvalue weighted by molar-refractivity contribution is 0.102. The highest BCUT2D eigenvalue weighted by atomic mass is 32.2. The summed E-state index contributed by atoms with van der Waals surface area (Å²) in [7, 11) is 0. The van der Waals surface area contributed by atoms with Crippen LogP contribution in [0.4, 0.5) is 5.69 Å². The van der Waals surface area contributed by atoms with Crippen LogP contribution >= 0.6 is 11.8 Å². The lowest BCUT2D eigenvalue weighted by atomic mass is 10.0. The van der Waals surface area contributed by atoms with Gasteiger partial charge in [0, 0.05) is 21.0 Å². The van der Waals surface area contributed by atoms with E-state index in [-0.39, 0.29) is 5.91 Å². The molecule has 0 aliphatic heterocycles. The fourth-order valence-corrected chi connectivity index (χ4v) is 3.72. The van der Waals surface area contributed by atoms with Crippen molar-refractivity contribution in [2.75, 3.05) is 5.32 Å². The maximum absolute atomic E-state index is 12.5. The van der Waals surface area contributed by atoms with Crippen LogP contribution in [0.3, 0.4) is 0 Å². The minimum atomic E-state index is -0.0685. The highest BCUT2D eigenvalue weighted by molar-refractivity contribution is 7.99. The number of anilines is 1. The summed E-state index contributed by atoms with van der Waals surface area (Å²) in [4.78, 5) is 14.9. The van der Waals surface area contributed by atoms with Gasteiger partial charge in [-0.1, -0.05) is 41.6 Å². The first-order valence-electron chi connectivity index (χ1n) is 8.67. The third-order valence-corrected chi connectivity index (χ3v) is 5.71. The van der Waals surface area contributed by atoms with Gasteiger partial charge in [-0.15, -0.1) is 0 Å². The highest BCUT2D eigenvalue weighted by Crippen LogP contribution is 2.31. The molecule has 3 rings (SSSR count). The number of amides is 1. The number of benzene rings is 3. The van der Waals surface area contributed by atoms with Crippen LogP contribution in [0.2, 0.25) is 0 Å². The van der Waals surface area contributed by atoms with Crippen molar-refractivity contribution >= 4 is 23.4 Å². The Balaban J connectivity index is 1.71. The van der Waals surface area contributed by atoms with Gasteiger partial charge in [0.25, 0.3) is 5.91 Å². The van der Waals surface area contributed by atoms with E-state index in [4.69, 9.17) is 0 Å². The molecule has 0 saturated carbocycles. The summed E-state index contributed by atoms with van der Waals surface area (Å²) in [6, 6.07) is 20.3. The zero-order chi connectivity index (χ0) is 18.7. The first kappa shape index (κ1) is 18.3. The molecule has 3 aromatic carbocycles. The van der Waals surface area contributed by atoms with E-state index in [1.807, 2.05) is 56.3 Å². The quantitative estimate of drug-likeness (QED) is 0.589. The molecule has 0 aliphatic rings. The van der Waals surface area contributed by atoms with Crippen molar-refractivity contribution < 1.29 is 4.79 Å². The minimum Gasteiger partial charge on any atom is -0.322 e. The Hall–Kier alpha value is -2.52. The topological polar surface area (TPSA) is 29.1 Å². The van der Waals surface area contributed by atoms with E-state index in [1.54, 1.807) is 11.8 Å². The lowest BCUT2D eigenvalue weighted by Crippen LogP contribution is -2.13. The number of carbonyl (C=O) groups is 1. The van der Waals surface area contributed by atoms with Gasteiger partial charge in [-0.05, 0) is 80.8 Å². The number of rotatable bonds is 4. The predicted molar refractivity (Wildman–Crippen MR) is 110 cm³/mol. The maximum Gasteiger partial charge on any atom is 0.255 e. The monoisotopic (exact) mass is 361 g/mol. The summed E-state index contributed by atoms with van der Waals surface area (Å²) in [5.74, 6) is -0.0685. The van der Waals surface area contributed by atoms with E-state index in [0.29, 0.717) is 0 Å². The molecule has 3 aromatic rings. The molecule has 0 unspecified atom stereocenters. The fourth-order valence-electron chi connectivity index (χ4n) is 2.84. The molecule has 0 radical (unpaired) electrons. The number of nitrogens with one attached hydrogen (secondary N) is 1. The Kier molecular flexibility index (Phi) is 5.48. The van der Waals surface area contributed by atoms with Crippen LogP contribution in [0.25, 0.3) is 0 Å². The van der Waals surface area contributed by atoms with Crippen molar-refractivity contribution in [2.24, 2.45) is 0 Å². The van der Waals surface area contributed by atoms with Crippen LogP contribution in [-0.4, -0.2) is 5.91 Å². The van der Waals surface area contributed by atoms with E-state index >= 15 is 0 Å². The average molecular weight is 362 g/mol. The molecular formula is C23H23NOS. The molecule has 3 heteroatoms. The summed E-state index contributed by atoms with van der Waals surface area (Å²) in [6.07, 6.45) is 0. The summed E-state index contributed by atoms with van der Waals surface area (Å²) in [5, 5.41) is 2.99. The number of aryl methyl sites for hydroxylation is 3. The molecule has 132 valence electrons. The van der Waals surface area contributed by atoms with Crippen molar-refractivity contribution in [2.45, 2.75) is 37.5 Å². The van der Waals surface area contributed by atoms with Crippen LogP contribution in [0.1, 0.15) is 32.6 Å². The van der Waals surface area contributed by atoms with Crippen molar-refractivity contribution in [3.63, 3.8) is 0 Å². The maximum atomic E-state index is 12.5. The molecule has 1 N–H and O–H groups in total. The second-order valence-electron chi connectivity index (χ2n) is 6.60. The van der Waals surface area contributed by atoms with Crippen LogP contribution in [0.15, 0.2) is 70.5 Å². The standard InChI is InChI=1S/C23H23NOS/c1-15-8-13-22(17(3)14-15)26-20-11-9-19(10-12-20)24-23(25)21-7-5-6-16(2)18(21)4/h5-14H,1-4H3,(H,24,25). The van der Waals surface area contributed by atoms with Crippen LogP contribution in [-0.2, 0) is 0 Å². The SMILES string of the molecule is Cc1ccc(Sc2ccc(NC(=O)c3cccc(C)c3C)cc2)c(C)c1. The van der Waals surface area contributed by atoms with Gasteiger partial charge in [-0.2, -0.15) is 0 Å². The third kappa shape index (κ3) is 4.17. The van der Waals surface area contributed by atoms with Crippen molar-refractivity contribution in [3.05, 3.63) is 88.5 Å². The van der Waals surface area contributed by atoms with Crippen LogP contribution in [0, 0.1) is 27.7 Å². The molecule has 26 heavy (non-hydrogen) atoms. The van der Waals surface area contributed by atoms with Crippen molar-refractivity contribution in [3.8, 4) is 0 Å². The number of carbonyl (C=O) groups excluding carboxylic acids is 1. The van der Waals surface area contributed by atoms with E-state index in [9.17, 15) is 4.79 Å². The van der Waals surface area contributed by atoms with Gasteiger partial charge < -0.3 is 5.32 Å². The molecule has 0 spiro atoms. The largest absolute Gasteiger partial charge is 0.322 e. The summed E-state index contributed by atoms with van der Waals surface area (Å²) >= 11 is 1.74. The summed E-state index contributed by atoms with van der Waals surface area (Å²) in [6.45, 7) is 8.24. The molecular weight excluding hydrogens is 338 g/mol.